The van der Waals surface area contributed by atoms with E-state index in [1.807, 2.05) is 7.05 Å². The Morgan fingerprint density at radius 3 is 1.42 bits per heavy atom. The molecule has 0 aromatic heterocycles. The molecular weight excluding hydrogens is 314 g/mol. The summed E-state index contributed by atoms with van der Waals surface area (Å²) >= 11 is 0. The zero-order valence-corrected chi connectivity index (χ0v) is 18.1. The van der Waals surface area contributed by atoms with Gasteiger partial charge in [-0.1, -0.05) is 97.0 Å². The third-order valence-corrected chi connectivity index (χ3v) is 5.16. The van der Waals surface area contributed by atoms with Crippen LogP contribution in [0, 0.1) is 11.8 Å². The largest absolute Gasteiger partial charge is 0.392 e. The first-order chi connectivity index (χ1) is 12.8. The molecule has 1 heteroatoms. The van der Waals surface area contributed by atoms with Gasteiger partial charge in [-0.15, -0.1) is 11.8 Å². The monoisotopic (exact) mass is 361 g/mol. The summed E-state index contributed by atoms with van der Waals surface area (Å²) in [5.41, 5.74) is 1.17. The van der Waals surface area contributed by atoms with Crippen LogP contribution in [0.4, 0.5) is 0 Å². The van der Waals surface area contributed by atoms with Gasteiger partial charge in [-0.2, -0.15) is 0 Å². The normalized spacial score (nSPS) is 10.4. The fraction of sp³-hybridized carbons (Fsp3) is 0.840. The van der Waals surface area contributed by atoms with Gasteiger partial charge in [0.2, 0.25) is 0 Å². The summed E-state index contributed by atoms with van der Waals surface area (Å²) < 4.78 is 0. The van der Waals surface area contributed by atoms with Crippen molar-refractivity contribution >= 4 is 0 Å². The lowest BCUT2D eigenvalue weighted by atomic mass is 10.1. The first kappa shape index (κ1) is 25.1. The number of allylic oxidation sites excluding steroid dienone is 1. The Bertz CT molecular complexity index is 347. The average Bonchev–Trinajstić information content (AvgIpc) is 2.66. The van der Waals surface area contributed by atoms with Crippen molar-refractivity contribution in [3.05, 3.63) is 12.3 Å². The summed E-state index contributed by atoms with van der Waals surface area (Å²) in [4.78, 5) is 0. The summed E-state index contributed by atoms with van der Waals surface area (Å²) in [7, 11) is 1.96. The highest BCUT2D eigenvalue weighted by Gasteiger charge is 1.94. The second-order valence-corrected chi connectivity index (χ2v) is 7.76. The number of hydrogen-bond donors (Lipinski definition) is 1. The molecule has 0 amide bonds. The summed E-state index contributed by atoms with van der Waals surface area (Å²) in [5, 5.41) is 3.12. The molecule has 0 bridgehead atoms. The maximum Gasteiger partial charge on any atom is 0.00886 e. The molecule has 0 aliphatic carbocycles. The maximum absolute atomic E-state index is 3.97. The number of unbranched alkanes of at least 4 members (excludes halogenated alkanes) is 16. The number of rotatable bonds is 19. The lowest BCUT2D eigenvalue weighted by molar-refractivity contribution is 0.558. The van der Waals surface area contributed by atoms with Crippen molar-refractivity contribution in [3.63, 3.8) is 0 Å². The van der Waals surface area contributed by atoms with Crippen LogP contribution in [0.3, 0.4) is 0 Å². The highest BCUT2D eigenvalue weighted by atomic mass is 14.8. The van der Waals surface area contributed by atoms with E-state index in [4.69, 9.17) is 0 Å². The molecule has 0 atom stereocenters. The molecule has 152 valence electrons. The highest BCUT2D eigenvalue weighted by Crippen LogP contribution is 2.12. The summed E-state index contributed by atoms with van der Waals surface area (Å²) in [6.07, 6.45) is 25.4. The molecular formula is C25H47N. The average molecular weight is 362 g/mol. The molecule has 0 unspecified atom stereocenters. The molecule has 0 rings (SSSR count). The Morgan fingerprint density at radius 1 is 0.615 bits per heavy atom. The van der Waals surface area contributed by atoms with Crippen molar-refractivity contribution in [1.29, 1.82) is 0 Å². The predicted octanol–water partition coefficient (Wildman–Crippen LogP) is 8.15. The predicted molar refractivity (Wildman–Crippen MR) is 119 cm³/mol. The molecule has 0 saturated carbocycles. The van der Waals surface area contributed by atoms with Crippen LogP contribution in [0.15, 0.2) is 12.3 Å². The molecule has 0 saturated heterocycles. The second kappa shape index (κ2) is 22.1. The third-order valence-electron chi connectivity index (χ3n) is 5.16. The Labute approximate surface area is 165 Å². The quantitative estimate of drug-likeness (QED) is 0.181. The fourth-order valence-electron chi connectivity index (χ4n) is 3.26. The van der Waals surface area contributed by atoms with E-state index in [0.29, 0.717) is 0 Å². The van der Waals surface area contributed by atoms with Gasteiger partial charge < -0.3 is 5.32 Å². The van der Waals surface area contributed by atoms with E-state index in [9.17, 15) is 0 Å². The van der Waals surface area contributed by atoms with E-state index in [-0.39, 0.29) is 0 Å². The van der Waals surface area contributed by atoms with E-state index in [0.717, 1.165) is 19.3 Å². The molecule has 0 aliphatic heterocycles. The topological polar surface area (TPSA) is 12.0 Å². The fourth-order valence-corrected chi connectivity index (χ4v) is 3.26. The van der Waals surface area contributed by atoms with Crippen LogP contribution in [0.5, 0.6) is 0 Å². The van der Waals surface area contributed by atoms with E-state index in [1.165, 1.54) is 108 Å². The molecule has 26 heavy (non-hydrogen) atoms. The molecule has 0 heterocycles. The van der Waals surface area contributed by atoms with Crippen molar-refractivity contribution < 1.29 is 0 Å². The van der Waals surface area contributed by atoms with Crippen molar-refractivity contribution in [3.8, 4) is 11.8 Å². The minimum absolute atomic E-state index is 1.11. The highest BCUT2D eigenvalue weighted by molar-refractivity contribution is 4.98. The van der Waals surface area contributed by atoms with Crippen LogP contribution in [-0.4, -0.2) is 7.05 Å². The SMILES string of the molecule is C=C(CCCCCCCCC#CCCCCCCCCCCCC)NC. The Hall–Kier alpha value is -0.900. The van der Waals surface area contributed by atoms with Crippen LogP contribution in [-0.2, 0) is 0 Å². The van der Waals surface area contributed by atoms with Gasteiger partial charge in [0.25, 0.3) is 0 Å². The molecule has 1 nitrogen and oxygen atoms in total. The van der Waals surface area contributed by atoms with Crippen LogP contribution in [0.1, 0.15) is 129 Å². The van der Waals surface area contributed by atoms with Crippen molar-refractivity contribution in [2.45, 2.75) is 129 Å². The first-order valence-corrected chi connectivity index (χ1v) is 11.6. The van der Waals surface area contributed by atoms with Crippen molar-refractivity contribution in [2.24, 2.45) is 0 Å². The Balaban J connectivity index is 3.13. The Kier molecular flexibility index (Phi) is 21.4. The lowest BCUT2D eigenvalue weighted by Crippen LogP contribution is -2.03. The van der Waals surface area contributed by atoms with Gasteiger partial charge in [0.15, 0.2) is 0 Å². The van der Waals surface area contributed by atoms with Gasteiger partial charge in [-0.3, -0.25) is 0 Å². The third kappa shape index (κ3) is 21.1. The molecule has 1 N–H and O–H groups in total. The van der Waals surface area contributed by atoms with E-state index in [2.05, 4.69) is 30.7 Å². The maximum atomic E-state index is 3.97. The molecule has 0 spiro atoms. The van der Waals surface area contributed by atoms with E-state index in [1.54, 1.807) is 0 Å². The Morgan fingerprint density at radius 2 is 1.00 bits per heavy atom. The van der Waals surface area contributed by atoms with Gasteiger partial charge in [0, 0.05) is 25.6 Å². The zero-order chi connectivity index (χ0) is 19.1. The zero-order valence-electron chi connectivity index (χ0n) is 18.1. The van der Waals surface area contributed by atoms with Gasteiger partial charge >= 0.3 is 0 Å². The minimum atomic E-state index is 1.11. The molecule has 0 fully saturated rings. The van der Waals surface area contributed by atoms with E-state index < -0.39 is 0 Å². The van der Waals surface area contributed by atoms with Crippen LogP contribution in [0.2, 0.25) is 0 Å². The summed E-state index contributed by atoms with van der Waals surface area (Å²) in [6.45, 7) is 6.25. The number of hydrogen-bond acceptors (Lipinski definition) is 1. The van der Waals surface area contributed by atoms with Gasteiger partial charge in [0.05, 0.1) is 0 Å². The molecule has 0 aliphatic rings. The standard InChI is InChI=1S/C25H47N/c1-4-5-6-7-8-9-10-11-12-13-14-15-16-17-18-19-20-21-22-23-24-25(2)26-3/h26H,2,4-14,17-24H2,1,3H3. The smallest absolute Gasteiger partial charge is 0.00886 e. The van der Waals surface area contributed by atoms with Crippen LogP contribution < -0.4 is 5.32 Å². The molecule has 0 aromatic carbocycles. The van der Waals surface area contributed by atoms with Gasteiger partial charge in [-0.25, -0.2) is 0 Å². The minimum Gasteiger partial charge on any atom is -0.392 e. The first-order valence-electron chi connectivity index (χ1n) is 11.6. The van der Waals surface area contributed by atoms with E-state index >= 15 is 0 Å². The molecule has 0 radical (unpaired) electrons. The van der Waals surface area contributed by atoms with Crippen LogP contribution in [0.25, 0.3) is 0 Å². The van der Waals surface area contributed by atoms with Gasteiger partial charge in [0.1, 0.15) is 0 Å². The van der Waals surface area contributed by atoms with Crippen molar-refractivity contribution in [1.82, 2.24) is 5.32 Å². The molecule has 0 aromatic rings. The van der Waals surface area contributed by atoms with Crippen LogP contribution >= 0.6 is 0 Å². The van der Waals surface area contributed by atoms with Crippen molar-refractivity contribution in [2.75, 3.05) is 7.05 Å². The summed E-state index contributed by atoms with van der Waals surface area (Å²) in [5.74, 6) is 6.74. The van der Waals surface area contributed by atoms with Gasteiger partial charge in [-0.05, 0) is 25.7 Å². The number of nitrogens with one attached hydrogen (secondary N) is 1. The second-order valence-electron chi connectivity index (χ2n) is 7.76. The lowest BCUT2D eigenvalue weighted by Gasteiger charge is -2.04. The summed E-state index contributed by atoms with van der Waals surface area (Å²) in [6, 6.07) is 0.